The average molecular weight is 321 g/mol. The molecule has 2 aromatic carbocycles. The highest BCUT2D eigenvalue weighted by molar-refractivity contribution is 6.06. The van der Waals surface area contributed by atoms with E-state index in [1.54, 1.807) is 36.4 Å². The number of hydrogen-bond acceptors (Lipinski definition) is 4. The Balaban J connectivity index is 2.34. The fourth-order valence-electron chi connectivity index (χ4n) is 2.57. The van der Waals surface area contributed by atoms with Crippen LogP contribution in [-0.2, 0) is 4.74 Å². The molecule has 0 amide bonds. The molecule has 0 bridgehead atoms. The number of hydrogen-bond donors (Lipinski definition) is 0. The molecule has 3 aromatic rings. The Labute approximate surface area is 138 Å². The third-order valence-electron chi connectivity index (χ3n) is 3.82. The number of nitrogens with zero attached hydrogens (tertiary/aromatic N) is 1. The van der Waals surface area contributed by atoms with Crippen LogP contribution in [0.3, 0.4) is 0 Å². The van der Waals surface area contributed by atoms with Crippen LogP contribution >= 0.6 is 0 Å². The topological polar surface area (TPSA) is 65.4 Å². The number of esters is 1. The van der Waals surface area contributed by atoms with E-state index in [9.17, 15) is 14.4 Å². The van der Waals surface area contributed by atoms with Crippen molar-refractivity contribution in [3.05, 3.63) is 81.6 Å². The molecule has 5 heteroatoms. The summed E-state index contributed by atoms with van der Waals surface area (Å²) in [5.74, 6) is -1.13. The van der Waals surface area contributed by atoms with E-state index < -0.39 is 11.9 Å². The van der Waals surface area contributed by atoms with Crippen LogP contribution in [0.25, 0.3) is 10.9 Å². The number of pyridine rings is 1. The molecule has 1 aromatic heterocycles. The summed E-state index contributed by atoms with van der Waals surface area (Å²) in [6.07, 6.45) is 0. The molecule has 0 unspecified atom stereocenters. The van der Waals surface area contributed by atoms with Crippen molar-refractivity contribution < 1.29 is 14.3 Å². The lowest BCUT2D eigenvalue weighted by molar-refractivity contribution is 0.0583. The Bertz CT molecular complexity index is 1000. The van der Waals surface area contributed by atoms with Gasteiger partial charge in [0.2, 0.25) is 0 Å². The first kappa shape index (κ1) is 15.7. The van der Waals surface area contributed by atoms with E-state index in [1.165, 1.54) is 11.7 Å². The van der Waals surface area contributed by atoms with Crippen molar-refractivity contribution in [3.63, 3.8) is 0 Å². The first-order chi connectivity index (χ1) is 11.5. The number of aromatic nitrogens is 1. The smallest absolute Gasteiger partial charge is 0.355 e. The van der Waals surface area contributed by atoms with E-state index in [0.717, 1.165) is 11.6 Å². The first-order valence-corrected chi connectivity index (χ1v) is 7.37. The minimum absolute atomic E-state index is 0.0909. The maximum Gasteiger partial charge on any atom is 0.355 e. The lowest BCUT2D eigenvalue weighted by Crippen LogP contribution is -2.24. The SMILES string of the molecule is COC(=O)c1cc(=O)c2ccccc2n1C(=O)c1ccc(C)cc1. The predicted octanol–water partition coefficient (Wildman–Crippen LogP) is 2.79. The van der Waals surface area contributed by atoms with Gasteiger partial charge in [-0.1, -0.05) is 29.8 Å². The maximum absolute atomic E-state index is 13.0. The van der Waals surface area contributed by atoms with Crippen LogP contribution < -0.4 is 5.43 Å². The molecule has 120 valence electrons. The summed E-state index contributed by atoms with van der Waals surface area (Å²) in [6, 6.07) is 14.8. The molecule has 0 saturated carbocycles. The Morgan fingerprint density at radius 2 is 1.67 bits per heavy atom. The third kappa shape index (κ3) is 2.60. The Morgan fingerprint density at radius 1 is 1.00 bits per heavy atom. The van der Waals surface area contributed by atoms with E-state index in [-0.39, 0.29) is 11.1 Å². The summed E-state index contributed by atoms with van der Waals surface area (Å²) in [5, 5.41) is 0.366. The van der Waals surface area contributed by atoms with Crippen molar-refractivity contribution in [2.45, 2.75) is 6.92 Å². The van der Waals surface area contributed by atoms with Gasteiger partial charge in [0.15, 0.2) is 5.43 Å². The van der Waals surface area contributed by atoms with Gasteiger partial charge in [0.1, 0.15) is 5.69 Å². The van der Waals surface area contributed by atoms with Crippen molar-refractivity contribution in [3.8, 4) is 0 Å². The molecule has 0 radical (unpaired) electrons. The highest BCUT2D eigenvalue weighted by atomic mass is 16.5. The zero-order chi connectivity index (χ0) is 17.3. The van der Waals surface area contributed by atoms with Crippen molar-refractivity contribution in [1.82, 2.24) is 4.57 Å². The van der Waals surface area contributed by atoms with E-state index in [0.29, 0.717) is 16.5 Å². The van der Waals surface area contributed by atoms with Crippen molar-refractivity contribution in [2.24, 2.45) is 0 Å². The zero-order valence-electron chi connectivity index (χ0n) is 13.3. The molecule has 24 heavy (non-hydrogen) atoms. The lowest BCUT2D eigenvalue weighted by atomic mass is 10.1. The lowest BCUT2D eigenvalue weighted by Gasteiger charge is -2.14. The molecule has 0 aliphatic heterocycles. The number of rotatable bonds is 2. The van der Waals surface area contributed by atoms with Crippen LogP contribution in [0.2, 0.25) is 0 Å². The Kier molecular flexibility index (Phi) is 4.00. The van der Waals surface area contributed by atoms with Gasteiger partial charge in [0.05, 0.1) is 12.6 Å². The second kappa shape index (κ2) is 6.12. The summed E-state index contributed by atoms with van der Waals surface area (Å²) in [4.78, 5) is 37.3. The van der Waals surface area contributed by atoms with Crippen molar-refractivity contribution in [1.29, 1.82) is 0 Å². The third-order valence-corrected chi connectivity index (χ3v) is 3.82. The van der Waals surface area contributed by atoms with E-state index in [2.05, 4.69) is 0 Å². The van der Waals surface area contributed by atoms with Gasteiger partial charge in [-0.25, -0.2) is 4.79 Å². The minimum Gasteiger partial charge on any atom is -0.464 e. The first-order valence-electron chi connectivity index (χ1n) is 7.37. The zero-order valence-corrected chi connectivity index (χ0v) is 13.3. The van der Waals surface area contributed by atoms with Gasteiger partial charge in [-0.3, -0.25) is 14.2 Å². The molecule has 5 nitrogen and oxygen atoms in total. The predicted molar refractivity (Wildman–Crippen MR) is 90.5 cm³/mol. The second-order valence-electron chi connectivity index (χ2n) is 5.41. The summed E-state index contributed by atoms with van der Waals surface area (Å²) >= 11 is 0. The van der Waals surface area contributed by atoms with Crippen LogP contribution in [0.15, 0.2) is 59.4 Å². The summed E-state index contributed by atoms with van der Waals surface area (Å²) in [6.45, 7) is 1.92. The largest absolute Gasteiger partial charge is 0.464 e. The molecular weight excluding hydrogens is 306 g/mol. The van der Waals surface area contributed by atoms with E-state index in [4.69, 9.17) is 4.74 Å². The van der Waals surface area contributed by atoms with E-state index >= 15 is 0 Å². The standard InChI is InChI=1S/C19H15NO4/c1-12-7-9-13(10-8-12)18(22)20-15-6-4-3-5-14(15)17(21)11-16(20)19(23)24-2/h3-11H,1-2H3. The van der Waals surface area contributed by atoms with Gasteiger partial charge in [0.25, 0.3) is 5.91 Å². The minimum atomic E-state index is -0.738. The van der Waals surface area contributed by atoms with E-state index in [1.807, 2.05) is 19.1 Å². The van der Waals surface area contributed by atoms with Gasteiger partial charge in [0, 0.05) is 17.0 Å². The number of ether oxygens (including phenoxy) is 1. The van der Waals surface area contributed by atoms with Gasteiger partial charge in [-0.2, -0.15) is 0 Å². The molecule has 3 rings (SSSR count). The molecule has 0 N–H and O–H groups in total. The Hall–Kier alpha value is -3.21. The Morgan fingerprint density at radius 3 is 2.33 bits per heavy atom. The molecule has 0 aliphatic carbocycles. The fraction of sp³-hybridized carbons (Fsp3) is 0.105. The van der Waals surface area contributed by atoms with Gasteiger partial charge >= 0.3 is 5.97 Å². The van der Waals surface area contributed by atoms with Gasteiger partial charge in [-0.05, 0) is 31.2 Å². The van der Waals surface area contributed by atoms with Gasteiger partial charge in [-0.15, -0.1) is 0 Å². The molecule has 0 aliphatic rings. The van der Waals surface area contributed by atoms with Crippen LogP contribution in [0.1, 0.15) is 26.4 Å². The monoisotopic (exact) mass is 321 g/mol. The normalized spacial score (nSPS) is 10.6. The second-order valence-corrected chi connectivity index (χ2v) is 5.41. The molecule has 0 fully saturated rings. The fourth-order valence-corrected chi connectivity index (χ4v) is 2.57. The molecule has 0 atom stereocenters. The quantitative estimate of drug-likeness (QED) is 0.681. The highest BCUT2D eigenvalue weighted by Crippen LogP contribution is 2.17. The average Bonchev–Trinajstić information content (AvgIpc) is 2.61. The van der Waals surface area contributed by atoms with Crippen molar-refractivity contribution >= 4 is 22.8 Å². The molecular formula is C19H15NO4. The van der Waals surface area contributed by atoms with Crippen LogP contribution in [0.4, 0.5) is 0 Å². The van der Waals surface area contributed by atoms with Crippen LogP contribution in [0.5, 0.6) is 0 Å². The number of para-hydroxylation sites is 1. The summed E-state index contributed by atoms with van der Waals surface area (Å²) in [7, 11) is 1.21. The maximum atomic E-state index is 13.0. The van der Waals surface area contributed by atoms with Crippen LogP contribution in [0, 0.1) is 6.92 Å². The van der Waals surface area contributed by atoms with Crippen LogP contribution in [-0.4, -0.2) is 23.6 Å². The number of fused-ring (bicyclic) bond motifs is 1. The molecule has 0 saturated heterocycles. The summed E-state index contributed by atoms with van der Waals surface area (Å²) in [5.41, 5.74) is 1.38. The number of carbonyl (C=O) groups excluding carboxylic acids is 2. The number of methoxy groups -OCH3 is 1. The number of carbonyl (C=O) groups is 2. The molecule has 1 heterocycles. The number of benzene rings is 2. The van der Waals surface area contributed by atoms with Crippen molar-refractivity contribution in [2.75, 3.05) is 7.11 Å². The summed E-state index contributed by atoms with van der Waals surface area (Å²) < 4.78 is 5.96. The molecule has 0 spiro atoms. The van der Waals surface area contributed by atoms with Gasteiger partial charge < -0.3 is 4.74 Å². The number of aryl methyl sites for hydroxylation is 1. The highest BCUT2D eigenvalue weighted by Gasteiger charge is 2.21.